The second-order valence-corrected chi connectivity index (χ2v) is 3.14. The van der Waals surface area contributed by atoms with Crippen molar-refractivity contribution in [2.75, 3.05) is 19.0 Å². The largest absolute Gasteiger partial charge is 0.389 e. The maximum Gasteiger partial charge on any atom is 0.145 e. The van der Waals surface area contributed by atoms with Gasteiger partial charge < -0.3 is 15.2 Å². The first kappa shape index (κ1) is 18.7. The van der Waals surface area contributed by atoms with Crippen LogP contribution in [0.4, 0.5) is 5.69 Å². The maximum atomic E-state index is 10.9. The molecule has 0 heterocycles. The van der Waals surface area contributed by atoms with Gasteiger partial charge in [0.2, 0.25) is 0 Å². The average molecular weight is 253 g/mol. The molecular weight excluding hydrogens is 230 g/mol. The number of ketones is 1. The number of aldehydes is 1. The zero-order chi connectivity index (χ0) is 14.4. The first-order valence-corrected chi connectivity index (χ1v) is 5.95. The topological polar surface area (TPSA) is 66.4 Å². The van der Waals surface area contributed by atoms with Gasteiger partial charge in [0.1, 0.15) is 12.1 Å². The van der Waals surface area contributed by atoms with Gasteiger partial charge in [-0.1, -0.05) is 32.0 Å². The Morgan fingerprint density at radius 3 is 2.22 bits per heavy atom. The zero-order valence-electron chi connectivity index (χ0n) is 11.6. The van der Waals surface area contributed by atoms with Crippen molar-refractivity contribution in [3.8, 4) is 0 Å². The van der Waals surface area contributed by atoms with E-state index in [1.165, 1.54) is 0 Å². The number of aliphatic hydroxyl groups excluding tert-OH is 1. The fraction of sp³-hybridized carbons (Fsp3) is 0.429. The van der Waals surface area contributed by atoms with Crippen molar-refractivity contribution >= 4 is 17.8 Å². The van der Waals surface area contributed by atoms with Crippen LogP contribution >= 0.6 is 0 Å². The minimum Gasteiger partial charge on any atom is -0.389 e. The molecule has 4 heteroatoms. The number of hydrogen-bond acceptors (Lipinski definition) is 4. The molecule has 0 spiro atoms. The third-order valence-electron chi connectivity index (χ3n) is 1.80. The van der Waals surface area contributed by atoms with Gasteiger partial charge >= 0.3 is 0 Å². The molecule has 1 aromatic rings. The fourth-order valence-corrected chi connectivity index (χ4v) is 1.19. The number of anilines is 1. The maximum absolute atomic E-state index is 10.9. The van der Waals surface area contributed by atoms with Crippen molar-refractivity contribution in [1.82, 2.24) is 0 Å². The Morgan fingerprint density at radius 1 is 1.33 bits per heavy atom. The highest BCUT2D eigenvalue weighted by Gasteiger charge is 2.01. The van der Waals surface area contributed by atoms with Crippen LogP contribution in [0.15, 0.2) is 24.3 Å². The van der Waals surface area contributed by atoms with Gasteiger partial charge in [0, 0.05) is 19.2 Å². The van der Waals surface area contributed by atoms with Crippen LogP contribution in [0.3, 0.4) is 0 Å². The van der Waals surface area contributed by atoms with Crippen LogP contribution in [0.5, 0.6) is 0 Å². The number of aliphatic hydroxyl groups is 1. The minimum absolute atomic E-state index is 0.192. The molecule has 0 fully saturated rings. The molecule has 102 valence electrons. The van der Waals surface area contributed by atoms with Crippen LogP contribution in [0.25, 0.3) is 0 Å². The lowest BCUT2D eigenvalue weighted by Crippen LogP contribution is -2.00. The van der Waals surface area contributed by atoms with E-state index in [9.17, 15) is 4.79 Å². The minimum atomic E-state index is -0.361. The third-order valence-corrected chi connectivity index (χ3v) is 1.80. The Hall–Kier alpha value is -1.68. The smallest absolute Gasteiger partial charge is 0.145 e. The molecular formula is C14H23NO3. The molecule has 0 radical (unpaired) electrons. The van der Waals surface area contributed by atoms with E-state index in [0.29, 0.717) is 12.7 Å². The van der Waals surface area contributed by atoms with Crippen molar-refractivity contribution in [2.45, 2.75) is 27.2 Å². The highest BCUT2D eigenvalue weighted by Crippen LogP contribution is 2.14. The fourth-order valence-electron chi connectivity index (χ4n) is 1.19. The second kappa shape index (κ2) is 13.4. The van der Waals surface area contributed by atoms with E-state index in [0.717, 1.165) is 11.3 Å². The highest BCUT2D eigenvalue weighted by molar-refractivity contribution is 5.80. The van der Waals surface area contributed by atoms with Gasteiger partial charge in [0.25, 0.3) is 0 Å². The SMILES string of the molecule is CC.CNc1ccccc1CC(C)=O.O=CCO. The second-order valence-electron chi connectivity index (χ2n) is 3.14. The van der Waals surface area contributed by atoms with Crippen LogP contribution in [-0.4, -0.2) is 30.8 Å². The molecule has 0 saturated carbocycles. The Labute approximate surface area is 109 Å². The summed E-state index contributed by atoms with van der Waals surface area (Å²) < 4.78 is 0. The Morgan fingerprint density at radius 2 is 1.83 bits per heavy atom. The first-order chi connectivity index (χ1) is 8.65. The monoisotopic (exact) mass is 253 g/mol. The highest BCUT2D eigenvalue weighted by atomic mass is 16.3. The first-order valence-electron chi connectivity index (χ1n) is 5.95. The molecule has 0 saturated heterocycles. The summed E-state index contributed by atoms with van der Waals surface area (Å²) in [6.45, 7) is 5.24. The van der Waals surface area contributed by atoms with Crippen LogP contribution in [0.1, 0.15) is 26.3 Å². The molecule has 18 heavy (non-hydrogen) atoms. The standard InChI is InChI=1S/C10H13NO.C2H4O2.C2H6/c1-8(12)7-9-5-3-4-6-10(9)11-2;3-1-2-4;1-2/h3-6,11H,7H2,1-2H3;1,4H,2H2;1-2H3. The number of rotatable bonds is 4. The van der Waals surface area contributed by atoms with Gasteiger partial charge in [0.15, 0.2) is 0 Å². The van der Waals surface area contributed by atoms with Gasteiger partial charge in [-0.3, -0.25) is 4.79 Å². The van der Waals surface area contributed by atoms with Gasteiger partial charge in [0.05, 0.1) is 6.61 Å². The van der Waals surface area contributed by atoms with E-state index in [1.807, 2.05) is 45.2 Å². The molecule has 1 rings (SSSR count). The summed E-state index contributed by atoms with van der Waals surface area (Å²) in [6, 6.07) is 7.83. The number of para-hydroxylation sites is 1. The summed E-state index contributed by atoms with van der Waals surface area (Å²) in [7, 11) is 1.86. The molecule has 0 aromatic heterocycles. The summed E-state index contributed by atoms with van der Waals surface area (Å²) in [6.07, 6.45) is 0.941. The summed E-state index contributed by atoms with van der Waals surface area (Å²) in [5.41, 5.74) is 2.10. The van der Waals surface area contributed by atoms with Crippen LogP contribution in [-0.2, 0) is 16.0 Å². The van der Waals surface area contributed by atoms with E-state index in [-0.39, 0.29) is 12.4 Å². The van der Waals surface area contributed by atoms with Gasteiger partial charge in [-0.15, -0.1) is 0 Å². The third kappa shape index (κ3) is 9.54. The molecule has 0 amide bonds. The predicted octanol–water partition coefficient (Wildman–Crippen LogP) is 2.06. The molecule has 0 aliphatic carbocycles. The molecule has 0 aliphatic rings. The van der Waals surface area contributed by atoms with Crippen LogP contribution in [0.2, 0.25) is 0 Å². The molecule has 0 bridgehead atoms. The van der Waals surface area contributed by atoms with Crippen molar-refractivity contribution in [3.05, 3.63) is 29.8 Å². The van der Waals surface area contributed by atoms with Crippen LogP contribution in [0, 0.1) is 0 Å². The predicted molar refractivity (Wildman–Crippen MR) is 74.9 cm³/mol. The zero-order valence-corrected chi connectivity index (χ0v) is 11.6. The van der Waals surface area contributed by atoms with Crippen molar-refractivity contribution in [2.24, 2.45) is 0 Å². The van der Waals surface area contributed by atoms with Gasteiger partial charge in [-0.2, -0.15) is 0 Å². The number of Topliss-reactive ketones (excluding diaryl/α,β-unsaturated/α-hetero) is 1. The number of hydrogen-bond donors (Lipinski definition) is 2. The average Bonchev–Trinajstić information content (AvgIpc) is 2.41. The molecule has 0 aliphatic heterocycles. The number of benzene rings is 1. The quantitative estimate of drug-likeness (QED) is 0.806. The lowest BCUT2D eigenvalue weighted by atomic mass is 10.1. The lowest BCUT2D eigenvalue weighted by molar-refractivity contribution is -0.116. The number of carbonyl (C=O) groups is 2. The van der Waals surface area contributed by atoms with E-state index < -0.39 is 0 Å². The van der Waals surface area contributed by atoms with Gasteiger partial charge in [-0.05, 0) is 18.6 Å². The lowest BCUT2D eigenvalue weighted by Gasteiger charge is -2.05. The van der Waals surface area contributed by atoms with E-state index in [2.05, 4.69) is 5.32 Å². The summed E-state index contributed by atoms with van der Waals surface area (Å²) >= 11 is 0. The molecule has 4 nitrogen and oxygen atoms in total. The number of nitrogens with one attached hydrogen (secondary N) is 1. The summed E-state index contributed by atoms with van der Waals surface area (Å²) in [4.78, 5) is 19.8. The molecule has 2 N–H and O–H groups in total. The van der Waals surface area contributed by atoms with Gasteiger partial charge in [-0.25, -0.2) is 0 Å². The van der Waals surface area contributed by atoms with Crippen molar-refractivity contribution in [1.29, 1.82) is 0 Å². The van der Waals surface area contributed by atoms with Crippen molar-refractivity contribution < 1.29 is 14.7 Å². The molecule has 0 atom stereocenters. The van der Waals surface area contributed by atoms with Crippen molar-refractivity contribution in [3.63, 3.8) is 0 Å². The summed E-state index contributed by atoms with van der Waals surface area (Å²) in [5, 5.41) is 10.6. The molecule has 0 unspecified atom stereocenters. The Kier molecular flexibility index (Phi) is 13.9. The Bertz CT molecular complexity index is 338. The van der Waals surface area contributed by atoms with E-state index in [4.69, 9.17) is 9.90 Å². The summed E-state index contributed by atoms with van der Waals surface area (Å²) in [5.74, 6) is 0.192. The normalized spacial score (nSPS) is 8.06. The van der Waals surface area contributed by atoms with E-state index >= 15 is 0 Å². The Balaban J connectivity index is 0. The van der Waals surface area contributed by atoms with Crippen LogP contribution < -0.4 is 5.32 Å². The number of carbonyl (C=O) groups excluding carboxylic acids is 2. The van der Waals surface area contributed by atoms with E-state index in [1.54, 1.807) is 6.92 Å². The molecule has 1 aromatic carbocycles.